The molecule has 1 aromatic rings. The zero-order chi connectivity index (χ0) is 12.8. The Kier molecular flexibility index (Phi) is 2.64. The van der Waals surface area contributed by atoms with Crippen molar-refractivity contribution in [3.8, 4) is 0 Å². The normalized spacial score (nSPS) is 27.4. The SMILES string of the molecule is Cc1ccc(C23COCC(=O)N2CCN3)cc1C. The highest BCUT2D eigenvalue weighted by Crippen LogP contribution is 2.33. The zero-order valence-electron chi connectivity index (χ0n) is 10.8. The third-order valence-electron chi connectivity index (χ3n) is 4.04. The number of benzene rings is 1. The van der Waals surface area contributed by atoms with E-state index in [0.717, 1.165) is 18.7 Å². The summed E-state index contributed by atoms with van der Waals surface area (Å²) in [6.07, 6.45) is 0. The minimum absolute atomic E-state index is 0.0736. The molecule has 3 rings (SSSR count). The highest BCUT2D eigenvalue weighted by atomic mass is 16.5. The second-order valence-corrected chi connectivity index (χ2v) is 5.12. The summed E-state index contributed by atoms with van der Waals surface area (Å²) >= 11 is 0. The molecule has 0 aliphatic carbocycles. The monoisotopic (exact) mass is 246 g/mol. The molecule has 2 aliphatic heterocycles. The smallest absolute Gasteiger partial charge is 0.250 e. The van der Waals surface area contributed by atoms with Crippen LogP contribution in [0.1, 0.15) is 16.7 Å². The van der Waals surface area contributed by atoms with Gasteiger partial charge in [-0.3, -0.25) is 10.1 Å². The molecule has 0 spiro atoms. The molecule has 0 bridgehead atoms. The van der Waals surface area contributed by atoms with Crippen LogP contribution >= 0.6 is 0 Å². The van der Waals surface area contributed by atoms with Gasteiger partial charge in [-0.15, -0.1) is 0 Å². The molecule has 2 heterocycles. The van der Waals surface area contributed by atoms with Crippen molar-refractivity contribution in [2.45, 2.75) is 19.5 Å². The van der Waals surface area contributed by atoms with Crippen LogP contribution in [0, 0.1) is 13.8 Å². The fourth-order valence-corrected chi connectivity index (χ4v) is 2.83. The van der Waals surface area contributed by atoms with Gasteiger partial charge in [0.2, 0.25) is 5.91 Å². The van der Waals surface area contributed by atoms with Gasteiger partial charge in [-0.1, -0.05) is 18.2 Å². The molecule has 1 N–H and O–H groups in total. The summed E-state index contributed by atoms with van der Waals surface area (Å²) in [5.74, 6) is 0.0736. The van der Waals surface area contributed by atoms with E-state index in [1.54, 1.807) is 0 Å². The van der Waals surface area contributed by atoms with E-state index >= 15 is 0 Å². The quantitative estimate of drug-likeness (QED) is 0.801. The summed E-state index contributed by atoms with van der Waals surface area (Å²) in [4.78, 5) is 13.9. The van der Waals surface area contributed by atoms with E-state index in [9.17, 15) is 4.79 Å². The summed E-state index contributed by atoms with van der Waals surface area (Å²) in [7, 11) is 0. The Labute approximate surface area is 107 Å². The number of aryl methyl sites for hydroxylation is 2. The number of carbonyl (C=O) groups is 1. The van der Waals surface area contributed by atoms with Crippen LogP contribution in [0.3, 0.4) is 0 Å². The standard InChI is InChI=1S/C14H18N2O2/c1-10-3-4-12(7-11(10)2)14-9-18-8-13(17)16(14)6-5-15-14/h3-4,7,15H,5-6,8-9H2,1-2H3. The van der Waals surface area contributed by atoms with E-state index in [1.807, 2.05) is 4.90 Å². The topological polar surface area (TPSA) is 41.6 Å². The number of nitrogens with zero attached hydrogens (tertiary/aromatic N) is 1. The maximum Gasteiger partial charge on any atom is 0.250 e. The predicted molar refractivity (Wildman–Crippen MR) is 68.1 cm³/mol. The average molecular weight is 246 g/mol. The number of ether oxygens (including phenoxy) is 1. The second kappa shape index (κ2) is 4.07. The van der Waals surface area contributed by atoms with Crippen molar-refractivity contribution in [3.63, 3.8) is 0 Å². The van der Waals surface area contributed by atoms with Crippen LogP contribution in [-0.4, -0.2) is 37.1 Å². The first-order valence-electron chi connectivity index (χ1n) is 6.34. The van der Waals surface area contributed by atoms with E-state index in [0.29, 0.717) is 6.61 Å². The average Bonchev–Trinajstić information content (AvgIpc) is 2.79. The van der Waals surface area contributed by atoms with Gasteiger partial charge in [-0.05, 0) is 30.5 Å². The highest BCUT2D eigenvalue weighted by Gasteiger charge is 2.47. The molecule has 0 radical (unpaired) electrons. The van der Waals surface area contributed by atoms with Gasteiger partial charge in [0.25, 0.3) is 0 Å². The lowest BCUT2D eigenvalue weighted by atomic mass is 9.94. The Morgan fingerprint density at radius 2 is 2.17 bits per heavy atom. The highest BCUT2D eigenvalue weighted by molar-refractivity contribution is 5.79. The van der Waals surface area contributed by atoms with Crippen LogP contribution in [0.4, 0.5) is 0 Å². The van der Waals surface area contributed by atoms with Crippen LogP contribution in [0.15, 0.2) is 18.2 Å². The number of hydrogen-bond acceptors (Lipinski definition) is 3. The number of amides is 1. The van der Waals surface area contributed by atoms with Crippen molar-refractivity contribution >= 4 is 5.91 Å². The van der Waals surface area contributed by atoms with Crippen molar-refractivity contribution in [1.82, 2.24) is 10.2 Å². The fourth-order valence-electron chi connectivity index (χ4n) is 2.83. The fraction of sp³-hybridized carbons (Fsp3) is 0.500. The van der Waals surface area contributed by atoms with Gasteiger partial charge in [-0.25, -0.2) is 0 Å². The number of rotatable bonds is 1. The molecule has 2 saturated heterocycles. The lowest BCUT2D eigenvalue weighted by Crippen LogP contribution is -2.58. The summed E-state index contributed by atoms with van der Waals surface area (Å²) in [5, 5.41) is 3.45. The minimum atomic E-state index is -0.451. The van der Waals surface area contributed by atoms with Gasteiger partial charge in [0.05, 0.1) is 6.61 Å². The number of morpholine rings is 1. The van der Waals surface area contributed by atoms with Crippen LogP contribution in [-0.2, 0) is 15.2 Å². The molecular formula is C14H18N2O2. The van der Waals surface area contributed by atoms with Crippen molar-refractivity contribution in [2.24, 2.45) is 0 Å². The summed E-state index contributed by atoms with van der Waals surface area (Å²) < 4.78 is 5.47. The zero-order valence-corrected chi connectivity index (χ0v) is 10.8. The van der Waals surface area contributed by atoms with Gasteiger partial charge >= 0.3 is 0 Å². The third kappa shape index (κ3) is 1.56. The van der Waals surface area contributed by atoms with Gasteiger partial charge in [0.1, 0.15) is 12.3 Å². The van der Waals surface area contributed by atoms with Gasteiger partial charge in [0.15, 0.2) is 0 Å². The van der Waals surface area contributed by atoms with Crippen molar-refractivity contribution < 1.29 is 9.53 Å². The van der Waals surface area contributed by atoms with Crippen LogP contribution in [0.5, 0.6) is 0 Å². The molecule has 0 saturated carbocycles. The molecule has 1 amide bonds. The Hall–Kier alpha value is -1.39. The maximum absolute atomic E-state index is 12.0. The molecule has 1 unspecified atom stereocenters. The maximum atomic E-state index is 12.0. The minimum Gasteiger partial charge on any atom is -0.367 e. The van der Waals surface area contributed by atoms with Gasteiger partial charge < -0.3 is 9.64 Å². The molecule has 2 fully saturated rings. The number of nitrogens with one attached hydrogen (secondary N) is 1. The lowest BCUT2D eigenvalue weighted by molar-refractivity contribution is -0.156. The summed E-state index contributed by atoms with van der Waals surface area (Å²) in [6.45, 7) is 6.51. The molecule has 96 valence electrons. The van der Waals surface area contributed by atoms with Crippen LogP contribution < -0.4 is 5.32 Å². The number of hydrogen-bond donors (Lipinski definition) is 1. The van der Waals surface area contributed by atoms with Crippen molar-refractivity contribution in [1.29, 1.82) is 0 Å². The Bertz CT molecular complexity index is 501. The molecule has 4 heteroatoms. The molecule has 4 nitrogen and oxygen atoms in total. The Morgan fingerprint density at radius 3 is 2.94 bits per heavy atom. The summed E-state index contributed by atoms with van der Waals surface area (Å²) in [6, 6.07) is 6.36. The molecule has 0 aromatic heterocycles. The van der Waals surface area contributed by atoms with Crippen LogP contribution in [0.25, 0.3) is 0 Å². The summed E-state index contributed by atoms with van der Waals surface area (Å²) in [5.41, 5.74) is 3.18. The second-order valence-electron chi connectivity index (χ2n) is 5.12. The van der Waals surface area contributed by atoms with E-state index in [1.165, 1.54) is 11.1 Å². The first-order valence-corrected chi connectivity index (χ1v) is 6.34. The van der Waals surface area contributed by atoms with Crippen LogP contribution in [0.2, 0.25) is 0 Å². The number of carbonyl (C=O) groups excluding carboxylic acids is 1. The molecule has 18 heavy (non-hydrogen) atoms. The first kappa shape index (κ1) is 11.7. The third-order valence-corrected chi connectivity index (χ3v) is 4.04. The van der Waals surface area contributed by atoms with E-state index in [4.69, 9.17) is 4.74 Å². The lowest BCUT2D eigenvalue weighted by Gasteiger charge is -2.42. The van der Waals surface area contributed by atoms with Gasteiger partial charge in [0, 0.05) is 13.1 Å². The first-order chi connectivity index (χ1) is 8.63. The van der Waals surface area contributed by atoms with E-state index in [2.05, 4.69) is 37.4 Å². The van der Waals surface area contributed by atoms with Crippen molar-refractivity contribution in [3.05, 3.63) is 34.9 Å². The Balaban J connectivity index is 2.06. The van der Waals surface area contributed by atoms with E-state index < -0.39 is 5.66 Å². The van der Waals surface area contributed by atoms with E-state index in [-0.39, 0.29) is 12.5 Å². The molecule has 1 aromatic carbocycles. The predicted octanol–water partition coefficient (Wildman–Crippen LogP) is 0.918. The molecule has 1 atom stereocenters. The largest absolute Gasteiger partial charge is 0.367 e. The van der Waals surface area contributed by atoms with Crippen molar-refractivity contribution in [2.75, 3.05) is 26.3 Å². The molecule has 2 aliphatic rings. The number of fused-ring (bicyclic) bond motifs is 1. The van der Waals surface area contributed by atoms with Gasteiger partial charge in [-0.2, -0.15) is 0 Å². The Morgan fingerprint density at radius 1 is 1.33 bits per heavy atom. The molecular weight excluding hydrogens is 228 g/mol.